The second-order valence-corrected chi connectivity index (χ2v) is 17.2. The van der Waals surface area contributed by atoms with Crippen LogP contribution in [0.1, 0.15) is 200 Å². The average molecular weight is 720 g/mol. The van der Waals surface area contributed by atoms with E-state index < -0.39 is 20.0 Å². The van der Waals surface area contributed by atoms with Gasteiger partial charge < -0.3 is 19.8 Å². The Balaban J connectivity index is 4.00. The first-order valence-electron chi connectivity index (χ1n) is 20.9. The highest BCUT2D eigenvalue weighted by Gasteiger charge is 2.28. The molecule has 0 aromatic rings. The number of likely N-dealkylation sites (N-methyl/N-ethyl adjacent to an activating group) is 1. The van der Waals surface area contributed by atoms with E-state index in [0.29, 0.717) is 23.9 Å². The van der Waals surface area contributed by atoms with Gasteiger partial charge in [-0.1, -0.05) is 181 Å². The fraction of sp³-hybridized carbons (Fsp3) is 0.975. The number of amides is 1. The summed E-state index contributed by atoms with van der Waals surface area (Å²) in [6.07, 6.45) is 34.6. The Hall–Kier alpha value is -0.500. The third-order valence-corrected chi connectivity index (χ3v) is 10.6. The predicted octanol–water partition coefficient (Wildman–Crippen LogP) is 11.0. The third-order valence-electron chi connectivity index (χ3n) is 9.61. The molecule has 0 saturated heterocycles. The van der Waals surface area contributed by atoms with Crippen molar-refractivity contribution >= 4 is 13.7 Å². The fourth-order valence-electron chi connectivity index (χ4n) is 6.22. The molecule has 49 heavy (non-hydrogen) atoms. The Morgan fingerprint density at radius 1 is 0.612 bits per heavy atom. The van der Waals surface area contributed by atoms with Crippen molar-refractivity contribution in [3.63, 3.8) is 0 Å². The highest BCUT2D eigenvalue weighted by Crippen LogP contribution is 2.43. The molecule has 0 fully saturated rings. The number of carbonyl (C=O) groups excluding carboxylic acids is 1. The van der Waals surface area contributed by atoms with Gasteiger partial charge in [0.15, 0.2) is 0 Å². The summed E-state index contributed by atoms with van der Waals surface area (Å²) >= 11 is 0. The largest absolute Gasteiger partial charge is 0.472 e. The van der Waals surface area contributed by atoms with Crippen LogP contribution in [0.2, 0.25) is 0 Å². The normalized spacial score (nSPS) is 14.5. The first kappa shape index (κ1) is 48.5. The molecular weight excluding hydrogens is 635 g/mol. The van der Waals surface area contributed by atoms with Crippen molar-refractivity contribution < 1.29 is 32.9 Å². The second-order valence-electron chi connectivity index (χ2n) is 15.7. The number of nitrogens with zero attached hydrogens (tertiary/aromatic N) is 1. The molecule has 0 aliphatic rings. The maximum absolute atomic E-state index is 12.7. The summed E-state index contributed by atoms with van der Waals surface area (Å²) < 4.78 is 23.4. The molecule has 0 aromatic carbocycles. The molecule has 0 aliphatic heterocycles. The van der Waals surface area contributed by atoms with E-state index in [-0.39, 0.29) is 19.1 Å². The lowest BCUT2D eigenvalue weighted by molar-refractivity contribution is -0.870. The van der Waals surface area contributed by atoms with Gasteiger partial charge in [0, 0.05) is 6.42 Å². The van der Waals surface area contributed by atoms with Gasteiger partial charge >= 0.3 is 7.82 Å². The Bertz CT molecular complexity index is 778. The molecule has 3 atom stereocenters. The summed E-state index contributed by atoms with van der Waals surface area (Å²) in [4.78, 5) is 22.9. The number of hydrogen-bond acceptors (Lipinski definition) is 5. The van der Waals surface area contributed by atoms with Gasteiger partial charge in [-0.15, -0.1) is 0 Å². The molecule has 294 valence electrons. The number of nitrogens with one attached hydrogen (secondary N) is 1. The first-order valence-corrected chi connectivity index (χ1v) is 22.4. The first-order chi connectivity index (χ1) is 23.5. The van der Waals surface area contributed by atoms with Crippen LogP contribution < -0.4 is 5.32 Å². The molecule has 0 spiro atoms. The van der Waals surface area contributed by atoms with Crippen LogP contribution in [0.15, 0.2) is 0 Å². The molecule has 0 aromatic heterocycles. The topological polar surface area (TPSA) is 105 Å². The quantitative estimate of drug-likeness (QED) is 0.0333. The van der Waals surface area contributed by atoms with Crippen LogP contribution in [-0.2, 0) is 18.4 Å². The van der Waals surface area contributed by atoms with Crippen molar-refractivity contribution in [2.45, 2.75) is 212 Å². The number of aliphatic hydroxyl groups excluding tert-OH is 1. The summed E-state index contributed by atoms with van der Waals surface area (Å²) in [7, 11) is 1.62. The summed E-state index contributed by atoms with van der Waals surface area (Å²) in [5.41, 5.74) is 0. The van der Waals surface area contributed by atoms with Crippen LogP contribution in [0.3, 0.4) is 0 Å². The number of carbonyl (C=O) groups is 1. The zero-order valence-corrected chi connectivity index (χ0v) is 34.1. The molecule has 0 heterocycles. The number of rotatable bonds is 38. The van der Waals surface area contributed by atoms with Gasteiger partial charge in [0.25, 0.3) is 0 Å². The van der Waals surface area contributed by atoms with E-state index in [1.54, 1.807) is 0 Å². The van der Waals surface area contributed by atoms with E-state index in [9.17, 15) is 19.4 Å². The molecule has 0 saturated carbocycles. The lowest BCUT2D eigenvalue weighted by atomic mass is 10.0. The Morgan fingerprint density at radius 3 is 1.37 bits per heavy atom. The summed E-state index contributed by atoms with van der Waals surface area (Å²) in [5, 5.41) is 13.7. The minimum Gasteiger partial charge on any atom is -0.391 e. The molecule has 0 radical (unpaired) electrons. The van der Waals surface area contributed by atoms with E-state index in [0.717, 1.165) is 51.4 Å². The number of aliphatic hydroxyl groups is 1. The van der Waals surface area contributed by atoms with Gasteiger partial charge in [-0.05, 0) is 12.8 Å². The van der Waals surface area contributed by atoms with Crippen molar-refractivity contribution in [3.05, 3.63) is 0 Å². The van der Waals surface area contributed by atoms with E-state index in [4.69, 9.17) is 9.05 Å². The molecule has 3 unspecified atom stereocenters. The molecule has 1 amide bonds. The second kappa shape index (κ2) is 33.3. The van der Waals surface area contributed by atoms with Gasteiger partial charge in [0.2, 0.25) is 5.91 Å². The highest BCUT2D eigenvalue weighted by molar-refractivity contribution is 7.47. The average Bonchev–Trinajstić information content (AvgIpc) is 3.04. The van der Waals surface area contributed by atoms with E-state index in [1.165, 1.54) is 122 Å². The van der Waals surface area contributed by atoms with Crippen LogP contribution in [0, 0.1) is 0 Å². The maximum atomic E-state index is 12.7. The fourth-order valence-corrected chi connectivity index (χ4v) is 6.96. The zero-order chi connectivity index (χ0) is 36.5. The maximum Gasteiger partial charge on any atom is 0.472 e. The van der Waals surface area contributed by atoms with Crippen LogP contribution >= 0.6 is 7.82 Å². The van der Waals surface area contributed by atoms with E-state index in [2.05, 4.69) is 19.2 Å². The van der Waals surface area contributed by atoms with E-state index in [1.807, 2.05) is 21.1 Å². The van der Waals surface area contributed by atoms with Gasteiger partial charge in [0.1, 0.15) is 13.2 Å². The van der Waals surface area contributed by atoms with Crippen LogP contribution in [0.5, 0.6) is 0 Å². The molecule has 0 aliphatic carbocycles. The Morgan fingerprint density at radius 2 is 0.980 bits per heavy atom. The Kier molecular flexibility index (Phi) is 33.0. The summed E-state index contributed by atoms with van der Waals surface area (Å²) in [5.74, 6) is -0.148. The number of phosphoric acid groups is 1. The predicted molar refractivity (Wildman–Crippen MR) is 208 cm³/mol. The van der Waals surface area contributed by atoms with E-state index >= 15 is 0 Å². The van der Waals surface area contributed by atoms with Gasteiger partial charge in [-0.25, -0.2) is 4.57 Å². The molecule has 0 bridgehead atoms. The minimum absolute atomic E-state index is 0.0772. The number of hydrogen-bond donors (Lipinski definition) is 3. The van der Waals surface area contributed by atoms with Crippen molar-refractivity contribution in [1.29, 1.82) is 0 Å². The van der Waals surface area contributed by atoms with Crippen LogP contribution in [0.4, 0.5) is 0 Å². The third kappa shape index (κ3) is 35.7. The van der Waals surface area contributed by atoms with Gasteiger partial charge in [-0.3, -0.25) is 13.8 Å². The van der Waals surface area contributed by atoms with Crippen molar-refractivity contribution in [2.75, 3.05) is 40.9 Å². The number of phosphoric ester groups is 1. The zero-order valence-electron chi connectivity index (χ0n) is 33.2. The molecular formula is C40H84N2O6P+. The van der Waals surface area contributed by atoms with Crippen molar-refractivity contribution in [1.82, 2.24) is 5.32 Å². The van der Waals surface area contributed by atoms with Crippen LogP contribution in [-0.4, -0.2) is 73.4 Å². The monoisotopic (exact) mass is 720 g/mol. The van der Waals surface area contributed by atoms with Gasteiger partial charge in [-0.2, -0.15) is 0 Å². The number of quaternary nitrogens is 1. The lowest BCUT2D eigenvalue weighted by Crippen LogP contribution is -2.46. The summed E-state index contributed by atoms with van der Waals surface area (Å²) in [6, 6.07) is -0.749. The minimum atomic E-state index is -4.29. The SMILES string of the molecule is CCCCCCCCCCCCCCCCCCCCCCCCC(=O)NC(COP(=O)(O)OCC[N+](C)(C)C)C(O)CCCCCCC. The van der Waals surface area contributed by atoms with Crippen molar-refractivity contribution in [2.24, 2.45) is 0 Å². The smallest absolute Gasteiger partial charge is 0.391 e. The lowest BCUT2D eigenvalue weighted by Gasteiger charge is -2.26. The van der Waals surface area contributed by atoms with Crippen molar-refractivity contribution in [3.8, 4) is 0 Å². The summed E-state index contributed by atoms with van der Waals surface area (Å²) in [6.45, 7) is 4.81. The molecule has 0 rings (SSSR count). The molecule has 3 N–H and O–H groups in total. The number of unbranched alkanes of at least 4 members (excludes halogenated alkanes) is 25. The Labute approximate surface area is 304 Å². The standard InChI is InChI=1S/C40H83N2O6P/c1-6-8-10-12-13-14-15-16-17-18-19-20-21-22-23-24-25-26-27-28-30-32-34-40(44)41-38(39(43)33-31-29-11-9-7-2)37-48-49(45,46)47-36-35-42(3,4)5/h38-39,43H,6-37H2,1-5H3,(H-,41,44,45,46)/p+1. The molecule has 8 nitrogen and oxygen atoms in total. The van der Waals surface area contributed by atoms with Gasteiger partial charge in [0.05, 0.1) is 39.9 Å². The highest BCUT2D eigenvalue weighted by atomic mass is 31.2. The van der Waals surface area contributed by atoms with Crippen LogP contribution in [0.25, 0.3) is 0 Å². The molecule has 9 heteroatoms.